The van der Waals surface area contributed by atoms with E-state index in [0.717, 1.165) is 19.3 Å². The van der Waals surface area contributed by atoms with Crippen LogP contribution in [0.15, 0.2) is 0 Å². The van der Waals surface area contributed by atoms with Gasteiger partial charge in [0.25, 0.3) is 0 Å². The molecule has 0 unspecified atom stereocenters. The molecule has 68 valence electrons. The molecule has 0 aromatic carbocycles. The highest BCUT2D eigenvalue weighted by molar-refractivity contribution is 14.1. The van der Waals surface area contributed by atoms with Crippen LogP contribution in [0.25, 0.3) is 0 Å². The van der Waals surface area contributed by atoms with Crippen molar-refractivity contribution in [2.45, 2.75) is 41.9 Å². The molecular weight excluding hydrogens is 274 g/mol. The Hall–Kier alpha value is 0.980. The molecule has 1 N–H and O–H groups in total. The van der Waals surface area contributed by atoms with Gasteiger partial charge in [0.1, 0.15) is 0 Å². The Morgan fingerprint density at radius 3 is 2.45 bits per heavy atom. The maximum Gasteiger partial charge on any atom is 0.0431 e. The van der Waals surface area contributed by atoms with E-state index in [1.807, 2.05) is 0 Å². The molecule has 0 saturated carbocycles. The second kappa shape index (κ2) is 5.60. The molecule has 0 aromatic heterocycles. The summed E-state index contributed by atoms with van der Waals surface area (Å²) in [5.41, 5.74) is 0. The van der Waals surface area contributed by atoms with E-state index in [0.29, 0.717) is 0 Å². The van der Waals surface area contributed by atoms with Crippen molar-refractivity contribution in [1.82, 2.24) is 0 Å². The van der Waals surface area contributed by atoms with Crippen molar-refractivity contribution in [3.63, 3.8) is 0 Å². The number of halogens is 2. The van der Waals surface area contributed by atoms with Gasteiger partial charge in [-0.2, -0.15) is 0 Å². The van der Waals surface area contributed by atoms with Gasteiger partial charge in [0.2, 0.25) is 0 Å². The van der Waals surface area contributed by atoms with Gasteiger partial charge in [0.15, 0.2) is 0 Å². The summed E-state index contributed by atoms with van der Waals surface area (Å²) >= 11 is 8.42. The van der Waals surface area contributed by atoms with Gasteiger partial charge in [-0.05, 0) is 19.3 Å². The van der Waals surface area contributed by atoms with Gasteiger partial charge in [-0.3, -0.25) is 0 Å². The lowest BCUT2D eigenvalue weighted by Gasteiger charge is -2.19. The monoisotopic (exact) mass is 290 g/mol. The average molecular weight is 291 g/mol. The fourth-order valence-corrected chi connectivity index (χ4v) is 2.27. The van der Waals surface area contributed by atoms with Gasteiger partial charge in [-0.1, -0.05) is 36.4 Å². The second-order valence-electron chi connectivity index (χ2n) is 3.39. The van der Waals surface area contributed by atoms with Gasteiger partial charge >= 0.3 is 0 Å². The molecule has 0 aliphatic carbocycles. The lowest BCUT2D eigenvalue weighted by molar-refractivity contribution is 0.282. The van der Waals surface area contributed by atoms with E-state index >= 15 is 0 Å². The number of aliphatic hydroxyl groups excluding tert-OH is 1. The Bertz CT molecular complexity index is 101. The van der Waals surface area contributed by atoms with Crippen LogP contribution in [0.1, 0.15) is 33.1 Å². The van der Waals surface area contributed by atoms with E-state index in [9.17, 15) is 0 Å². The van der Waals surface area contributed by atoms with Crippen molar-refractivity contribution < 1.29 is 5.11 Å². The molecule has 0 aromatic rings. The molecule has 0 aliphatic rings. The SMILES string of the molecule is CC(C)(I)C[C@H](Cl)CCCO. The van der Waals surface area contributed by atoms with Crippen molar-refractivity contribution >= 4 is 34.2 Å². The summed E-state index contributed by atoms with van der Waals surface area (Å²) in [5.74, 6) is 0. The molecule has 1 atom stereocenters. The van der Waals surface area contributed by atoms with Crippen LogP contribution in [0.5, 0.6) is 0 Å². The van der Waals surface area contributed by atoms with E-state index in [-0.39, 0.29) is 15.4 Å². The Kier molecular flexibility index (Phi) is 6.09. The second-order valence-corrected chi connectivity index (χ2v) is 6.92. The predicted molar refractivity (Wildman–Crippen MR) is 58.7 cm³/mol. The molecule has 0 heterocycles. The van der Waals surface area contributed by atoms with E-state index in [4.69, 9.17) is 16.7 Å². The highest BCUT2D eigenvalue weighted by Crippen LogP contribution is 2.27. The van der Waals surface area contributed by atoms with Gasteiger partial charge in [-0.15, -0.1) is 11.6 Å². The Morgan fingerprint density at radius 2 is 2.09 bits per heavy atom. The van der Waals surface area contributed by atoms with Gasteiger partial charge < -0.3 is 5.11 Å². The molecule has 0 amide bonds. The molecule has 0 bridgehead atoms. The Labute approximate surface area is 87.7 Å². The summed E-state index contributed by atoms with van der Waals surface area (Å²) in [6.45, 7) is 4.59. The first kappa shape index (κ1) is 12.0. The third-order valence-corrected chi connectivity index (χ3v) is 2.20. The smallest absolute Gasteiger partial charge is 0.0431 e. The zero-order chi connectivity index (χ0) is 8.91. The molecule has 3 heteroatoms. The summed E-state index contributed by atoms with van der Waals surface area (Å²) in [4.78, 5) is 0. The van der Waals surface area contributed by atoms with Crippen LogP contribution < -0.4 is 0 Å². The predicted octanol–water partition coefficient (Wildman–Crippen LogP) is 2.97. The lowest BCUT2D eigenvalue weighted by Crippen LogP contribution is -2.16. The van der Waals surface area contributed by atoms with Gasteiger partial charge in [0, 0.05) is 15.4 Å². The number of rotatable bonds is 5. The summed E-state index contributed by atoms with van der Waals surface area (Å²) in [6, 6.07) is 0. The largest absolute Gasteiger partial charge is 0.396 e. The molecule has 11 heavy (non-hydrogen) atoms. The van der Waals surface area contributed by atoms with Crippen LogP contribution >= 0.6 is 34.2 Å². The molecule has 0 saturated heterocycles. The normalized spacial score (nSPS) is 15.0. The van der Waals surface area contributed by atoms with E-state index < -0.39 is 0 Å². The fourth-order valence-electron chi connectivity index (χ4n) is 0.942. The third kappa shape index (κ3) is 8.89. The fraction of sp³-hybridized carbons (Fsp3) is 1.00. The first-order chi connectivity index (χ1) is 4.95. The third-order valence-electron chi connectivity index (χ3n) is 1.38. The van der Waals surface area contributed by atoms with E-state index in [1.165, 1.54) is 0 Å². The summed E-state index contributed by atoms with van der Waals surface area (Å²) in [7, 11) is 0. The van der Waals surface area contributed by atoms with Crippen molar-refractivity contribution in [2.75, 3.05) is 6.61 Å². The van der Waals surface area contributed by atoms with Crippen LogP contribution in [0.4, 0.5) is 0 Å². The molecule has 0 rings (SSSR count). The van der Waals surface area contributed by atoms with Gasteiger partial charge in [0.05, 0.1) is 0 Å². The maximum absolute atomic E-state index is 8.55. The number of hydrogen-bond acceptors (Lipinski definition) is 1. The van der Waals surface area contributed by atoms with Crippen LogP contribution in [0, 0.1) is 0 Å². The standard InChI is InChI=1S/C8H16ClIO/c1-8(2,10)6-7(9)4-3-5-11/h7,11H,3-6H2,1-2H3/t7-/m1/s1. The van der Waals surface area contributed by atoms with E-state index in [1.54, 1.807) is 0 Å². The van der Waals surface area contributed by atoms with Crippen LogP contribution in [0.2, 0.25) is 0 Å². The molecule has 0 fully saturated rings. The lowest BCUT2D eigenvalue weighted by atomic mass is 10.1. The molecule has 0 aliphatic heterocycles. The highest BCUT2D eigenvalue weighted by atomic mass is 127. The van der Waals surface area contributed by atoms with Crippen molar-refractivity contribution in [1.29, 1.82) is 0 Å². The topological polar surface area (TPSA) is 20.2 Å². The minimum atomic E-state index is 0.217. The highest BCUT2D eigenvalue weighted by Gasteiger charge is 2.17. The average Bonchev–Trinajstić information content (AvgIpc) is 1.79. The first-order valence-electron chi connectivity index (χ1n) is 3.89. The van der Waals surface area contributed by atoms with Crippen LogP contribution in [-0.2, 0) is 0 Å². The van der Waals surface area contributed by atoms with Gasteiger partial charge in [-0.25, -0.2) is 0 Å². The van der Waals surface area contributed by atoms with Crippen LogP contribution in [0.3, 0.4) is 0 Å². The van der Waals surface area contributed by atoms with Crippen molar-refractivity contribution in [2.24, 2.45) is 0 Å². The quantitative estimate of drug-likeness (QED) is 0.610. The zero-order valence-electron chi connectivity index (χ0n) is 7.11. The Morgan fingerprint density at radius 1 is 1.55 bits per heavy atom. The molecule has 1 nitrogen and oxygen atoms in total. The molecule has 0 spiro atoms. The molecule has 0 radical (unpaired) electrons. The maximum atomic E-state index is 8.55. The number of alkyl halides is 2. The molecular formula is C8H16ClIO. The summed E-state index contributed by atoms with van der Waals surface area (Å²) < 4.78 is 0.277. The Balaban J connectivity index is 3.44. The minimum absolute atomic E-state index is 0.217. The zero-order valence-corrected chi connectivity index (χ0v) is 10.0. The first-order valence-corrected chi connectivity index (χ1v) is 5.41. The minimum Gasteiger partial charge on any atom is -0.396 e. The number of aliphatic hydroxyl groups is 1. The summed E-state index contributed by atoms with van der Waals surface area (Å²) in [5, 5.41) is 8.77. The van der Waals surface area contributed by atoms with Crippen LogP contribution in [-0.4, -0.2) is 20.5 Å². The number of hydrogen-bond donors (Lipinski definition) is 1. The van der Waals surface area contributed by atoms with Crippen molar-refractivity contribution in [3.8, 4) is 0 Å². The van der Waals surface area contributed by atoms with E-state index in [2.05, 4.69) is 36.4 Å². The summed E-state index contributed by atoms with van der Waals surface area (Å²) in [6.07, 6.45) is 2.75. The van der Waals surface area contributed by atoms with Crippen molar-refractivity contribution in [3.05, 3.63) is 0 Å².